The molecule has 0 spiro atoms. The molecular weight excluding hydrogens is 246 g/mol. The molecule has 19 heavy (non-hydrogen) atoms. The summed E-state index contributed by atoms with van der Waals surface area (Å²) in [4.78, 5) is 14.7. The number of pyridine rings is 1. The number of nitrogens with zero attached hydrogens (tertiary/aromatic N) is 2. The van der Waals surface area contributed by atoms with Crippen LogP contribution in [0.3, 0.4) is 0 Å². The molecule has 0 radical (unpaired) electrons. The van der Waals surface area contributed by atoms with E-state index < -0.39 is 4.92 Å². The molecule has 6 nitrogen and oxygen atoms in total. The zero-order valence-corrected chi connectivity index (χ0v) is 11.1. The van der Waals surface area contributed by atoms with Crippen molar-refractivity contribution in [2.45, 2.75) is 32.6 Å². The van der Waals surface area contributed by atoms with E-state index in [1.807, 2.05) is 0 Å². The Morgan fingerprint density at radius 2 is 2.21 bits per heavy atom. The summed E-state index contributed by atoms with van der Waals surface area (Å²) in [6, 6.07) is 1.51. The predicted octanol–water partition coefficient (Wildman–Crippen LogP) is 2.26. The van der Waals surface area contributed by atoms with Gasteiger partial charge in [-0.05, 0) is 25.3 Å². The predicted molar refractivity (Wildman–Crippen MR) is 72.1 cm³/mol. The molecule has 0 amide bonds. The maximum atomic E-state index is 11.0. The van der Waals surface area contributed by atoms with Gasteiger partial charge in [0.1, 0.15) is 0 Å². The van der Waals surface area contributed by atoms with Crippen LogP contribution in [0, 0.1) is 22.5 Å². The number of hydrogen-bond acceptors (Lipinski definition) is 5. The second-order valence-electron chi connectivity index (χ2n) is 5.36. The number of anilines is 1. The SMILES string of the molecule is Cc1cnc(NCC2(CO)CCCC2)c([N+](=O)[O-])c1. The monoisotopic (exact) mass is 265 g/mol. The van der Waals surface area contributed by atoms with Crippen LogP contribution in [0.1, 0.15) is 31.2 Å². The lowest BCUT2D eigenvalue weighted by molar-refractivity contribution is -0.384. The Morgan fingerprint density at radius 3 is 2.79 bits per heavy atom. The quantitative estimate of drug-likeness (QED) is 0.629. The highest BCUT2D eigenvalue weighted by molar-refractivity contribution is 5.56. The van der Waals surface area contributed by atoms with Gasteiger partial charge in [0.15, 0.2) is 0 Å². The maximum Gasteiger partial charge on any atom is 0.311 e. The average molecular weight is 265 g/mol. The van der Waals surface area contributed by atoms with Gasteiger partial charge in [0, 0.05) is 24.2 Å². The summed E-state index contributed by atoms with van der Waals surface area (Å²) in [6.07, 6.45) is 5.72. The minimum atomic E-state index is -0.428. The topological polar surface area (TPSA) is 88.3 Å². The Balaban J connectivity index is 2.13. The van der Waals surface area contributed by atoms with E-state index in [1.165, 1.54) is 6.07 Å². The molecule has 1 aliphatic rings. The van der Waals surface area contributed by atoms with Gasteiger partial charge >= 0.3 is 5.69 Å². The van der Waals surface area contributed by atoms with Crippen molar-refractivity contribution in [1.82, 2.24) is 4.98 Å². The normalized spacial score (nSPS) is 17.4. The van der Waals surface area contributed by atoms with Gasteiger partial charge < -0.3 is 10.4 Å². The van der Waals surface area contributed by atoms with E-state index in [9.17, 15) is 15.2 Å². The Kier molecular flexibility index (Phi) is 3.99. The lowest BCUT2D eigenvalue weighted by Crippen LogP contribution is -2.31. The van der Waals surface area contributed by atoms with Crippen LogP contribution in [0.5, 0.6) is 0 Å². The average Bonchev–Trinajstić information content (AvgIpc) is 2.86. The molecule has 1 heterocycles. The van der Waals surface area contributed by atoms with Crippen LogP contribution in [0.25, 0.3) is 0 Å². The Morgan fingerprint density at radius 1 is 1.53 bits per heavy atom. The first-order valence-electron chi connectivity index (χ1n) is 6.52. The number of nitro groups is 1. The molecule has 0 aliphatic heterocycles. The molecule has 1 aromatic heterocycles. The van der Waals surface area contributed by atoms with Crippen molar-refractivity contribution in [3.8, 4) is 0 Å². The number of aliphatic hydroxyl groups is 1. The molecule has 104 valence electrons. The molecule has 1 aliphatic carbocycles. The molecule has 0 unspecified atom stereocenters. The van der Waals surface area contributed by atoms with Crippen molar-refractivity contribution in [3.63, 3.8) is 0 Å². The summed E-state index contributed by atoms with van der Waals surface area (Å²) < 4.78 is 0. The summed E-state index contributed by atoms with van der Waals surface area (Å²) >= 11 is 0. The van der Waals surface area contributed by atoms with Crippen LogP contribution in [0.2, 0.25) is 0 Å². The Hall–Kier alpha value is -1.69. The first-order valence-corrected chi connectivity index (χ1v) is 6.52. The molecule has 2 rings (SSSR count). The van der Waals surface area contributed by atoms with Gasteiger partial charge in [-0.1, -0.05) is 12.8 Å². The third-order valence-electron chi connectivity index (χ3n) is 3.83. The minimum Gasteiger partial charge on any atom is -0.396 e. The van der Waals surface area contributed by atoms with Gasteiger partial charge in [0.2, 0.25) is 5.82 Å². The molecule has 6 heteroatoms. The fourth-order valence-corrected chi connectivity index (χ4v) is 2.62. The number of nitrogens with one attached hydrogen (secondary N) is 1. The molecule has 2 N–H and O–H groups in total. The van der Waals surface area contributed by atoms with Crippen molar-refractivity contribution in [3.05, 3.63) is 27.9 Å². The van der Waals surface area contributed by atoms with Crippen molar-refractivity contribution in [2.75, 3.05) is 18.5 Å². The highest BCUT2D eigenvalue weighted by atomic mass is 16.6. The zero-order valence-electron chi connectivity index (χ0n) is 11.1. The first kappa shape index (κ1) is 13.7. The molecule has 0 saturated heterocycles. The fourth-order valence-electron chi connectivity index (χ4n) is 2.62. The minimum absolute atomic E-state index is 0.00825. The van der Waals surface area contributed by atoms with Gasteiger partial charge in [-0.2, -0.15) is 0 Å². The number of rotatable bonds is 5. The molecule has 0 bridgehead atoms. The summed E-state index contributed by atoms with van der Waals surface area (Å²) in [7, 11) is 0. The lowest BCUT2D eigenvalue weighted by Gasteiger charge is -2.26. The Labute approximate surface area is 112 Å². The zero-order chi connectivity index (χ0) is 13.9. The van der Waals surface area contributed by atoms with Crippen LogP contribution < -0.4 is 5.32 Å². The van der Waals surface area contributed by atoms with E-state index in [0.29, 0.717) is 6.54 Å². The summed E-state index contributed by atoms with van der Waals surface area (Å²) in [5.74, 6) is 0.287. The Bertz CT molecular complexity index is 470. The van der Waals surface area contributed by atoms with E-state index >= 15 is 0 Å². The van der Waals surface area contributed by atoms with Crippen LogP contribution >= 0.6 is 0 Å². The second-order valence-corrected chi connectivity index (χ2v) is 5.36. The molecule has 1 saturated carbocycles. The molecular formula is C13H19N3O3. The fraction of sp³-hybridized carbons (Fsp3) is 0.615. The van der Waals surface area contributed by atoms with E-state index in [0.717, 1.165) is 31.2 Å². The highest BCUT2D eigenvalue weighted by Crippen LogP contribution is 2.38. The van der Waals surface area contributed by atoms with Crippen LogP contribution in [0.15, 0.2) is 12.3 Å². The summed E-state index contributed by atoms with van der Waals surface area (Å²) in [5.41, 5.74) is 0.599. The smallest absolute Gasteiger partial charge is 0.311 e. The van der Waals surface area contributed by atoms with Crippen LogP contribution in [0.4, 0.5) is 11.5 Å². The second kappa shape index (κ2) is 5.52. The van der Waals surface area contributed by atoms with Crippen LogP contribution in [-0.2, 0) is 0 Å². The van der Waals surface area contributed by atoms with E-state index in [-0.39, 0.29) is 23.5 Å². The molecule has 0 atom stereocenters. The number of hydrogen-bond donors (Lipinski definition) is 2. The largest absolute Gasteiger partial charge is 0.396 e. The number of aryl methyl sites for hydroxylation is 1. The number of aromatic nitrogens is 1. The van der Waals surface area contributed by atoms with Crippen molar-refractivity contribution >= 4 is 11.5 Å². The standard InChI is InChI=1S/C13H19N3O3/c1-10-6-11(16(18)19)12(14-7-10)15-8-13(9-17)4-2-3-5-13/h6-7,17H,2-5,8-9H2,1H3,(H,14,15). The van der Waals surface area contributed by atoms with Gasteiger partial charge in [-0.15, -0.1) is 0 Å². The van der Waals surface area contributed by atoms with Gasteiger partial charge in [-0.25, -0.2) is 4.98 Å². The first-order chi connectivity index (χ1) is 9.06. The lowest BCUT2D eigenvalue weighted by atomic mass is 9.87. The summed E-state index contributed by atoms with van der Waals surface area (Å²) in [6.45, 7) is 2.41. The molecule has 1 aromatic rings. The van der Waals surface area contributed by atoms with Gasteiger partial charge in [0.05, 0.1) is 11.5 Å². The highest BCUT2D eigenvalue weighted by Gasteiger charge is 2.33. The van der Waals surface area contributed by atoms with Crippen molar-refractivity contribution < 1.29 is 10.0 Å². The van der Waals surface area contributed by atoms with E-state index in [4.69, 9.17) is 0 Å². The third-order valence-corrected chi connectivity index (χ3v) is 3.83. The van der Waals surface area contributed by atoms with Crippen molar-refractivity contribution in [1.29, 1.82) is 0 Å². The molecule has 0 aromatic carbocycles. The van der Waals surface area contributed by atoms with E-state index in [1.54, 1.807) is 13.1 Å². The molecule has 1 fully saturated rings. The van der Waals surface area contributed by atoms with Crippen LogP contribution in [-0.4, -0.2) is 28.2 Å². The number of aliphatic hydroxyl groups excluding tert-OH is 1. The van der Waals surface area contributed by atoms with Gasteiger partial charge in [-0.3, -0.25) is 10.1 Å². The third kappa shape index (κ3) is 3.01. The van der Waals surface area contributed by atoms with Gasteiger partial charge in [0.25, 0.3) is 0 Å². The summed E-state index contributed by atoms with van der Waals surface area (Å²) in [5, 5.41) is 23.6. The van der Waals surface area contributed by atoms with E-state index in [2.05, 4.69) is 10.3 Å². The maximum absolute atomic E-state index is 11.0. The van der Waals surface area contributed by atoms with Crippen molar-refractivity contribution in [2.24, 2.45) is 5.41 Å².